The van der Waals surface area contributed by atoms with Crippen molar-refractivity contribution in [3.63, 3.8) is 0 Å². The quantitative estimate of drug-likeness (QED) is 0.0334. The number of hydrogen-bond donors (Lipinski definition) is 6. The van der Waals surface area contributed by atoms with Crippen molar-refractivity contribution in [3.8, 4) is 0 Å². The molecule has 312 valence electrons. The number of nitrogens with one attached hydrogen (secondary N) is 4. The summed E-state index contributed by atoms with van der Waals surface area (Å²) in [5.41, 5.74) is -2.08. The average Bonchev–Trinajstić information content (AvgIpc) is 3.16. The highest BCUT2D eigenvalue weighted by atomic mass is 31.2. The number of H-pyrrole nitrogens is 1. The van der Waals surface area contributed by atoms with E-state index in [0.717, 1.165) is 6.07 Å². The van der Waals surface area contributed by atoms with E-state index in [9.17, 15) is 46.8 Å². The Balaban J connectivity index is 1.40. The first kappa shape index (κ1) is 44.8. The Labute approximate surface area is 327 Å². The molecule has 58 heavy (non-hydrogen) atoms. The lowest BCUT2D eigenvalue weighted by atomic mass is 10.1. The number of aliphatic carboxylic acids is 2. The second-order valence-electron chi connectivity index (χ2n) is 12.0. The van der Waals surface area contributed by atoms with Crippen molar-refractivity contribution < 1.29 is 65.4 Å². The number of anilines is 3. The van der Waals surface area contributed by atoms with Crippen LogP contribution in [0.2, 0.25) is 0 Å². The molecule has 0 aliphatic heterocycles. The van der Waals surface area contributed by atoms with Crippen LogP contribution in [0.4, 0.5) is 30.5 Å². The van der Waals surface area contributed by atoms with Gasteiger partial charge in [-0.15, -0.1) is 0 Å². The van der Waals surface area contributed by atoms with Gasteiger partial charge in [-0.25, -0.2) is 24.1 Å². The maximum absolute atomic E-state index is 13.6. The molecule has 1 amide bonds. The van der Waals surface area contributed by atoms with Crippen LogP contribution in [0, 0.1) is 0 Å². The number of alkyl halides is 3. The minimum Gasteiger partial charge on any atom is -0.481 e. The van der Waals surface area contributed by atoms with Gasteiger partial charge in [-0.1, -0.05) is 0 Å². The molecule has 0 fully saturated rings. The average molecular weight is 838 g/mol. The molecule has 4 rings (SSSR count). The van der Waals surface area contributed by atoms with Crippen molar-refractivity contribution in [1.29, 1.82) is 0 Å². The molecule has 0 saturated heterocycles. The summed E-state index contributed by atoms with van der Waals surface area (Å²) in [7, 11) is -3.73. The number of esters is 1. The molecule has 2 aromatic carbocycles. The van der Waals surface area contributed by atoms with Crippen LogP contribution in [0.3, 0.4) is 0 Å². The number of unbranched alkanes of at least 4 members (excludes halogenated alkanes) is 1. The van der Waals surface area contributed by atoms with E-state index < -0.39 is 61.4 Å². The fraction of sp³-hybridized carbons (Fsp3) is 0.371. The van der Waals surface area contributed by atoms with Gasteiger partial charge in [-0.3, -0.25) is 32.9 Å². The molecule has 6 N–H and O–H groups in total. The molecule has 4 aromatic rings. The summed E-state index contributed by atoms with van der Waals surface area (Å²) in [6.45, 7) is 3.26. The van der Waals surface area contributed by atoms with Crippen LogP contribution >= 0.6 is 7.82 Å². The van der Waals surface area contributed by atoms with Crippen LogP contribution in [0.5, 0.6) is 0 Å². The number of carboxylic acid groups (broad SMARTS) is 2. The highest BCUT2D eigenvalue weighted by molar-refractivity contribution is 7.48. The Bertz CT molecular complexity index is 2200. The Morgan fingerprint density at radius 2 is 1.64 bits per heavy atom. The number of phosphoric ester groups is 1. The zero-order chi connectivity index (χ0) is 42.5. The van der Waals surface area contributed by atoms with Crippen LogP contribution in [-0.4, -0.2) is 86.4 Å². The number of hydrogen-bond acceptors (Lipinski definition) is 15. The van der Waals surface area contributed by atoms with Crippen molar-refractivity contribution in [1.82, 2.24) is 25.3 Å². The molecule has 0 aliphatic rings. The fourth-order valence-electron chi connectivity index (χ4n) is 4.98. The Morgan fingerprint density at radius 3 is 2.28 bits per heavy atom. The predicted molar refractivity (Wildman–Crippen MR) is 199 cm³/mol. The third-order valence-electron chi connectivity index (χ3n) is 7.75. The lowest BCUT2D eigenvalue weighted by Gasteiger charge is -2.16. The van der Waals surface area contributed by atoms with E-state index in [0.29, 0.717) is 17.8 Å². The van der Waals surface area contributed by atoms with Crippen molar-refractivity contribution in [2.75, 3.05) is 37.1 Å². The van der Waals surface area contributed by atoms with E-state index in [1.165, 1.54) is 30.5 Å². The number of ether oxygens (including phenoxy) is 1. The Kier molecular flexibility index (Phi) is 15.8. The van der Waals surface area contributed by atoms with Crippen molar-refractivity contribution in [2.24, 2.45) is 0 Å². The fourth-order valence-corrected chi connectivity index (χ4v) is 6.19. The third-order valence-corrected chi connectivity index (χ3v) is 9.40. The summed E-state index contributed by atoms with van der Waals surface area (Å²) < 4.78 is 73.8. The van der Waals surface area contributed by atoms with E-state index in [1.807, 2.05) is 0 Å². The summed E-state index contributed by atoms with van der Waals surface area (Å²) in [6.07, 6.45) is -3.72. The molecule has 2 aromatic heterocycles. The van der Waals surface area contributed by atoms with Crippen LogP contribution in [0.15, 0.2) is 53.5 Å². The molecule has 0 aliphatic carbocycles. The van der Waals surface area contributed by atoms with Gasteiger partial charge >= 0.3 is 31.9 Å². The molecular formula is C35H39F3N7O12P. The maximum Gasteiger partial charge on any atom is 0.474 e. The van der Waals surface area contributed by atoms with Crippen LogP contribution in [-0.2, 0) is 45.2 Å². The largest absolute Gasteiger partial charge is 0.481 e. The van der Waals surface area contributed by atoms with E-state index in [4.69, 9.17) is 23.4 Å². The number of carbonyl (C=O) groups excluding carboxylic acids is 2. The SMILES string of the molecule is CCOP(=O)(OCC)OCCCCOC(=O)c1ccc(C(F)(F)F)cc1Nc1nc2ncc(CNc3ccc(C(=O)NC(CCC(=O)O)C(=O)O)cc3)nc2c(=O)[nH]1. The second kappa shape index (κ2) is 20.5. The first-order valence-corrected chi connectivity index (χ1v) is 19.0. The number of fused-ring (bicyclic) bond motifs is 1. The van der Waals surface area contributed by atoms with Gasteiger partial charge in [-0.05, 0) is 75.6 Å². The Morgan fingerprint density at radius 1 is 0.948 bits per heavy atom. The van der Waals surface area contributed by atoms with Gasteiger partial charge in [0.25, 0.3) is 11.5 Å². The minimum atomic E-state index is -4.78. The first-order valence-electron chi connectivity index (χ1n) is 17.6. The van der Waals surface area contributed by atoms with Gasteiger partial charge in [0.2, 0.25) is 5.95 Å². The summed E-state index contributed by atoms with van der Waals surface area (Å²) in [4.78, 5) is 75.6. The van der Waals surface area contributed by atoms with E-state index in [2.05, 4.69) is 35.9 Å². The van der Waals surface area contributed by atoms with Gasteiger partial charge < -0.3 is 30.9 Å². The topological polar surface area (TPSA) is 270 Å². The van der Waals surface area contributed by atoms with Crippen molar-refractivity contribution in [2.45, 2.75) is 58.3 Å². The molecule has 0 spiro atoms. The smallest absolute Gasteiger partial charge is 0.474 e. The van der Waals surface area contributed by atoms with Crippen molar-refractivity contribution >= 4 is 60.1 Å². The zero-order valence-electron chi connectivity index (χ0n) is 31.0. The number of rotatable bonds is 22. The van der Waals surface area contributed by atoms with Crippen LogP contribution < -0.4 is 21.5 Å². The lowest BCUT2D eigenvalue weighted by Crippen LogP contribution is -2.41. The number of amides is 1. The van der Waals surface area contributed by atoms with E-state index >= 15 is 0 Å². The zero-order valence-corrected chi connectivity index (χ0v) is 31.9. The molecule has 2 heterocycles. The molecule has 1 atom stereocenters. The number of nitrogens with zero attached hydrogens (tertiary/aromatic N) is 3. The number of halogens is 3. The highest BCUT2D eigenvalue weighted by Gasteiger charge is 2.32. The normalized spacial score (nSPS) is 12.2. The van der Waals surface area contributed by atoms with Gasteiger partial charge in [0, 0.05) is 17.7 Å². The van der Waals surface area contributed by atoms with Crippen LogP contribution in [0.1, 0.15) is 71.5 Å². The molecule has 0 saturated carbocycles. The number of aromatic nitrogens is 4. The van der Waals surface area contributed by atoms with Gasteiger partial charge in [0.1, 0.15) is 6.04 Å². The first-order chi connectivity index (χ1) is 27.5. The summed E-state index contributed by atoms with van der Waals surface area (Å²) in [5, 5.41) is 25.9. The number of benzene rings is 2. The molecule has 0 radical (unpaired) electrons. The maximum atomic E-state index is 13.6. The van der Waals surface area contributed by atoms with Gasteiger partial charge in [0.15, 0.2) is 11.2 Å². The van der Waals surface area contributed by atoms with E-state index in [-0.39, 0.29) is 91.9 Å². The Hall–Kier alpha value is -5.96. The highest BCUT2D eigenvalue weighted by Crippen LogP contribution is 2.49. The molecule has 1 unspecified atom stereocenters. The summed E-state index contributed by atoms with van der Waals surface area (Å²) in [5.74, 6) is -4.64. The number of carboxylic acids is 2. The van der Waals surface area contributed by atoms with Gasteiger partial charge in [-0.2, -0.15) is 18.2 Å². The number of aromatic amines is 1. The second-order valence-corrected chi connectivity index (χ2v) is 13.7. The molecule has 23 heteroatoms. The summed E-state index contributed by atoms with van der Waals surface area (Å²) in [6, 6.07) is 6.72. The van der Waals surface area contributed by atoms with E-state index in [1.54, 1.807) is 13.8 Å². The van der Waals surface area contributed by atoms with Crippen LogP contribution in [0.25, 0.3) is 11.2 Å². The standard InChI is InChI=1S/C35H39F3N7O12P/c1-3-55-58(53,56-4-2)57-16-6-5-15-54-33(52)24-12-9-21(35(36,37)38)17-26(24)43-34-44-29-28(31(49)45-34)41-23(19-40-29)18-39-22-10-7-20(8-11-22)30(48)42-25(32(50)51)13-14-27(46)47/h7-12,17,19,25,39H,3-6,13-16,18H2,1-2H3,(H,42,48)(H,46,47)(H,50,51)(H2,40,43,44,45,49). The molecular weight excluding hydrogens is 798 g/mol. The molecule has 19 nitrogen and oxygen atoms in total. The number of carbonyl (C=O) groups is 4. The summed E-state index contributed by atoms with van der Waals surface area (Å²) >= 11 is 0. The predicted octanol–water partition coefficient (Wildman–Crippen LogP) is 5.27. The third kappa shape index (κ3) is 13.0. The monoisotopic (exact) mass is 837 g/mol. The lowest BCUT2D eigenvalue weighted by molar-refractivity contribution is -0.141. The minimum absolute atomic E-state index is 0.0360. The van der Waals surface area contributed by atoms with Crippen molar-refractivity contribution in [3.05, 3.63) is 81.4 Å². The molecule has 0 bridgehead atoms. The van der Waals surface area contributed by atoms with Gasteiger partial charge in [0.05, 0.1) is 61.7 Å². The number of phosphoric acid groups is 1.